The number of nitrogens with two attached hydrogens (primary N) is 1. The number of carbonyl (C=O) groups excluding carboxylic acids is 1. The van der Waals surface area contributed by atoms with Crippen molar-refractivity contribution in [2.45, 2.75) is 18.9 Å². The lowest BCUT2D eigenvalue weighted by Gasteiger charge is -2.23. The van der Waals surface area contributed by atoms with Crippen LogP contribution >= 0.6 is 0 Å². The zero-order valence-electron chi connectivity index (χ0n) is 15.8. The topological polar surface area (TPSA) is 89.4 Å². The summed E-state index contributed by atoms with van der Waals surface area (Å²) >= 11 is 0. The van der Waals surface area contributed by atoms with E-state index in [1.54, 1.807) is 21.1 Å². The highest BCUT2D eigenvalue weighted by Crippen LogP contribution is 2.40. The van der Waals surface area contributed by atoms with Crippen molar-refractivity contribution in [2.24, 2.45) is 5.73 Å². The molecule has 1 amide bonds. The molecule has 1 aromatic heterocycles. The molecule has 3 rings (SSSR count). The number of nitrogens with one attached hydrogen (secondary N) is 2. The van der Waals surface area contributed by atoms with Crippen LogP contribution in [0.15, 0.2) is 48.7 Å². The monoisotopic (exact) mass is 367 g/mol. The van der Waals surface area contributed by atoms with Crippen LogP contribution in [0.1, 0.15) is 24.0 Å². The zero-order valence-corrected chi connectivity index (χ0v) is 15.8. The summed E-state index contributed by atoms with van der Waals surface area (Å²) in [6.45, 7) is 2.28. The Labute approximate surface area is 158 Å². The molecule has 6 heteroatoms. The quantitative estimate of drug-likeness (QED) is 0.571. The second-order valence-corrected chi connectivity index (χ2v) is 6.46. The van der Waals surface area contributed by atoms with Gasteiger partial charge >= 0.3 is 0 Å². The number of ether oxygens (including phenoxy) is 2. The van der Waals surface area contributed by atoms with E-state index >= 15 is 0 Å². The molecule has 0 bridgehead atoms. The van der Waals surface area contributed by atoms with E-state index in [-0.39, 0.29) is 11.8 Å². The maximum atomic E-state index is 11.5. The van der Waals surface area contributed by atoms with E-state index in [1.807, 2.05) is 42.6 Å². The maximum Gasteiger partial charge on any atom is 0.234 e. The van der Waals surface area contributed by atoms with Crippen molar-refractivity contribution >= 4 is 16.8 Å². The van der Waals surface area contributed by atoms with Crippen molar-refractivity contribution in [2.75, 3.05) is 20.8 Å². The van der Waals surface area contributed by atoms with E-state index < -0.39 is 6.04 Å². The first-order valence-electron chi connectivity index (χ1n) is 8.86. The molecule has 1 heterocycles. The second kappa shape index (κ2) is 8.14. The molecule has 0 saturated carbocycles. The predicted molar refractivity (Wildman–Crippen MR) is 106 cm³/mol. The Kier molecular flexibility index (Phi) is 5.66. The normalized spacial score (nSPS) is 13.3. The van der Waals surface area contributed by atoms with Gasteiger partial charge < -0.3 is 25.5 Å². The van der Waals surface area contributed by atoms with Crippen LogP contribution in [0.3, 0.4) is 0 Å². The number of para-hydroxylation sites is 2. The second-order valence-electron chi connectivity index (χ2n) is 6.46. The molecule has 27 heavy (non-hydrogen) atoms. The fraction of sp³-hybridized carbons (Fsp3) is 0.286. The van der Waals surface area contributed by atoms with E-state index in [9.17, 15) is 4.79 Å². The number of amides is 1. The van der Waals surface area contributed by atoms with Gasteiger partial charge in [-0.3, -0.25) is 4.79 Å². The van der Waals surface area contributed by atoms with Gasteiger partial charge in [0.05, 0.1) is 20.3 Å². The Hall–Kier alpha value is -2.99. The largest absolute Gasteiger partial charge is 0.493 e. The molecule has 0 unspecified atom stereocenters. The molecule has 0 saturated heterocycles. The van der Waals surface area contributed by atoms with Crippen molar-refractivity contribution in [3.8, 4) is 11.5 Å². The van der Waals surface area contributed by atoms with E-state index in [0.29, 0.717) is 18.0 Å². The van der Waals surface area contributed by atoms with E-state index in [1.165, 1.54) is 0 Å². The minimum Gasteiger partial charge on any atom is -0.493 e. The molecule has 6 nitrogen and oxygen atoms in total. The van der Waals surface area contributed by atoms with Crippen molar-refractivity contribution in [1.29, 1.82) is 0 Å². The number of hydrogen-bond acceptors (Lipinski definition) is 4. The Morgan fingerprint density at radius 1 is 1.11 bits per heavy atom. The predicted octanol–water partition coefficient (Wildman–Crippen LogP) is 2.78. The third-order valence-corrected chi connectivity index (χ3v) is 4.86. The Morgan fingerprint density at radius 3 is 2.59 bits per heavy atom. The SMILES string of the molecule is COc1cccc([C@@H](CN[C@@H](C)C(N)=O)c2c[nH]c3ccccc23)c1OC. The number of methoxy groups -OCH3 is 2. The van der Waals surface area contributed by atoms with Crippen molar-refractivity contribution in [3.05, 3.63) is 59.8 Å². The molecule has 0 aliphatic rings. The number of aromatic amines is 1. The van der Waals surface area contributed by atoms with Gasteiger partial charge in [-0.2, -0.15) is 0 Å². The van der Waals surface area contributed by atoms with Gasteiger partial charge in [0, 0.05) is 35.1 Å². The highest BCUT2D eigenvalue weighted by molar-refractivity contribution is 5.84. The minimum absolute atomic E-state index is 0.0620. The molecule has 3 aromatic rings. The molecular weight excluding hydrogens is 342 g/mol. The molecule has 2 atom stereocenters. The first-order chi connectivity index (χ1) is 13.1. The number of primary amides is 1. The molecule has 0 aliphatic carbocycles. The Bertz CT molecular complexity index is 935. The summed E-state index contributed by atoms with van der Waals surface area (Å²) in [6.07, 6.45) is 2.00. The van der Waals surface area contributed by atoms with Crippen LogP contribution in [0.4, 0.5) is 0 Å². The number of hydrogen-bond donors (Lipinski definition) is 3. The highest BCUT2D eigenvalue weighted by atomic mass is 16.5. The molecule has 0 aliphatic heterocycles. The van der Waals surface area contributed by atoms with Gasteiger partial charge in [0.1, 0.15) is 0 Å². The fourth-order valence-corrected chi connectivity index (χ4v) is 3.35. The lowest BCUT2D eigenvalue weighted by atomic mass is 9.89. The van der Waals surface area contributed by atoms with Gasteiger partial charge in [-0.15, -0.1) is 0 Å². The molecule has 0 spiro atoms. The summed E-state index contributed by atoms with van der Waals surface area (Å²) in [5.74, 6) is 0.907. The van der Waals surface area contributed by atoms with Gasteiger partial charge in [0.15, 0.2) is 11.5 Å². The van der Waals surface area contributed by atoms with Crippen LogP contribution in [0.5, 0.6) is 11.5 Å². The number of aromatic nitrogens is 1. The summed E-state index contributed by atoms with van der Waals surface area (Å²) in [5.41, 5.74) is 8.57. The van der Waals surface area contributed by atoms with Crippen LogP contribution in [0.25, 0.3) is 10.9 Å². The van der Waals surface area contributed by atoms with Gasteiger partial charge in [0.2, 0.25) is 5.91 Å². The van der Waals surface area contributed by atoms with Gasteiger partial charge in [-0.05, 0) is 24.6 Å². The standard InChI is InChI=1S/C21H25N3O3/c1-13(21(22)25)23-11-17(15-8-6-10-19(26-2)20(15)27-3)16-12-24-18-9-5-4-7-14(16)18/h4-10,12-13,17,23-24H,11H2,1-3H3,(H2,22,25)/t13-,17+/m0/s1. The van der Waals surface area contributed by atoms with Crippen LogP contribution in [0.2, 0.25) is 0 Å². The van der Waals surface area contributed by atoms with Gasteiger partial charge in [-0.25, -0.2) is 0 Å². The number of benzene rings is 2. The van der Waals surface area contributed by atoms with Crippen molar-refractivity contribution in [3.63, 3.8) is 0 Å². The van der Waals surface area contributed by atoms with Gasteiger partial charge in [0.25, 0.3) is 0 Å². The minimum atomic E-state index is -0.436. The van der Waals surface area contributed by atoms with Crippen molar-refractivity contribution in [1.82, 2.24) is 10.3 Å². The highest BCUT2D eigenvalue weighted by Gasteiger charge is 2.24. The van der Waals surface area contributed by atoms with E-state index in [4.69, 9.17) is 15.2 Å². The number of carbonyl (C=O) groups is 1. The zero-order chi connectivity index (χ0) is 19.4. The molecule has 4 N–H and O–H groups in total. The fourth-order valence-electron chi connectivity index (χ4n) is 3.35. The summed E-state index contributed by atoms with van der Waals surface area (Å²) in [7, 11) is 3.25. The summed E-state index contributed by atoms with van der Waals surface area (Å²) in [5, 5.41) is 4.36. The summed E-state index contributed by atoms with van der Waals surface area (Å²) < 4.78 is 11.1. The molecular formula is C21H25N3O3. The summed E-state index contributed by atoms with van der Waals surface area (Å²) in [4.78, 5) is 14.8. The lowest BCUT2D eigenvalue weighted by molar-refractivity contribution is -0.119. The Balaban J connectivity index is 2.09. The smallest absolute Gasteiger partial charge is 0.234 e. The maximum absolute atomic E-state index is 11.5. The molecule has 0 fully saturated rings. The number of rotatable bonds is 8. The number of fused-ring (bicyclic) bond motifs is 1. The summed E-state index contributed by atoms with van der Waals surface area (Å²) in [6, 6.07) is 13.5. The van der Waals surface area contributed by atoms with E-state index in [0.717, 1.165) is 22.0 Å². The Morgan fingerprint density at radius 2 is 1.89 bits per heavy atom. The third kappa shape index (κ3) is 3.75. The van der Waals surface area contributed by atoms with Crippen molar-refractivity contribution < 1.29 is 14.3 Å². The molecule has 2 aromatic carbocycles. The van der Waals surface area contributed by atoms with Crippen LogP contribution in [-0.2, 0) is 4.79 Å². The van der Waals surface area contributed by atoms with Crippen LogP contribution in [-0.4, -0.2) is 37.7 Å². The first kappa shape index (κ1) is 18.8. The average Bonchev–Trinajstić information content (AvgIpc) is 3.11. The van der Waals surface area contributed by atoms with Crippen LogP contribution < -0.4 is 20.5 Å². The molecule has 0 radical (unpaired) electrons. The molecule has 142 valence electrons. The third-order valence-electron chi connectivity index (χ3n) is 4.86. The van der Waals surface area contributed by atoms with E-state index in [2.05, 4.69) is 16.4 Å². The number of H-pyrrole nitrogens is 1. The van der Waals surface area contributed by atoms with Crippen LogP contribution in [0, 0.1) is 0 Å². The first-order valence-corrected chi connectivity index (χ1v) is 8.86. The average molecular weight is 367 g/mol. The lowest BCUT2D eigenvalue weighted by Crippen LogP contribution is -2.40. The van der Waals surface area contributed by atoms with Gasteiger partial charge in [-0.1, -0.05) is 30.3 Å².